The lowest BCUT2D eigenvalue weighted by Crippen LogP contribution is -2.37. The third-order valence-electron chi connectivity index (χ3n) is 3.81. The van der Waals surface area contributed by atoms with Gasteiger partial charge in [0.2, 0.25) is 5.91 Å². The predicted molar refractivity (Wildman–Crippen MR) is 90.5 cm³/mol. The Morgan fingerprint density at radius 1 is 0.955 bits per heavy atom. The number of amides is 1. The molecule has 0 heterocycles. The Morgan fingerprint density at radius 3 is 2.05 bits per heavy atom. The Balaban J connectivity index is 1.84. The lowest BCUT2D eigenvalue weighted by molar-refractivity contribution is -0.121. The van der Waals surface area contributed by atoms with Crippen molar-refractivity contribution in [2.24, 2.45) is 0 Å². The summed E-state index contributed by atoms with van der Waals surface area (Å²) in [6.07, 6.45) is 0.879. The van der Waals surface area contributed by atoms with Crippen molar-refractivity contribution in [3.63, 3.8) is 0 Å². The molecule has 2 aromatic rings. The van der Waals surface area contributed by atoms with Crippen LogP contribution in [0, 0.1) is 0 Å². The van der Waals surface area contributed by atoms with Crippen LogP contribution in [0.3, 0.4) is 0 Å². The van der Waals surface area contributed by atoms with E-state index >= 15 is 0 Å². The Kier molecular flexibility index (Phi) is 6.16. The van der Waals surface area contributed by atoms with Crippen molar-refractivity contribution < 1.29 is 4.79 Å². The fourth-order valence-electron chi connectivity index (χ4n) is 2.46. The fourth-order valence-corrected chi connectivity index (χ4v) is 2.46. The second-order valence-electron chi connectivity index (χ2n) is 5.45. The molecular weight excluding hydrogens is 272 g/mol. The zero-order chi connectivity index (χ0) is 15.8. The predicted octanol–water partition coefficient (Wildman–Crippen LogP) is 3.60. The van der Waals surface area contributed by atoms with Gasteiger partial charge in [0.15, 0.2) is 0 Å². The molecule has 2 rings (SSSR count). The van der Waals surface area contributed by atoms with Crippen LogP contribution in [0.5, 0.6) is 0 Å². The molecule has 2 unspecified atom stereocenters. The highest BCUT2D eigenvalue weighted by atomic mass is 16.1. The monoisotopic (exact) mass is 296 g/mol. The van der Waals surface area contributed by atoms with E-state index in [4.69, 9.17) is 0 Å². The van der Waals surface area contributed by atoms with Crippen molar-refractivity contribution >= 4 is 5.91 Å². The second-order valence-corrected chi connectivity index (χ2v) is 5.45. The Morgan fingerprint density at radius 2 is 1.50 bits per heavy atom. The van der Waals surface area contributed by atoms with E-state index in [9.17, 15) is 4.79 Å². The summed E-state index contributed by atoms with van der Waals surface area (Å²) < 4.78 is 0. The average Bonchev–Trinajstić information content (AvgIpc) is 2.59. The van der Waals surface area contributed by atoms with Gasteiger partial charge in [0, 0.05) is 6.04 Å². The summed E-state index contributed by atoms with van der Waals surface area (Å²) in [5, 5.41) is 6.36. The molecule has 0 saturated heterocycles. The first-order chi connectivity index (χ1) is 10.7. The molecule has 2 N–H and O–H groups in total. The quantitative estimate of drug-likeness (QED) is 0.819. The summed E-state index contributed by atoms with van der Waals surface area (Å²) in [4.78, 5) is 12.1. The smallest absolute Gasteiger partial charge is 0.234 e. The van der Waals surface area contributed by atoms with Crippen LogP contribution in [0.15, 0.2) is 60.7 Å². The maximum Gasteiger partial charge on any atom is 0.234 e. The molecular formula is C19H24N2O. The van der Waals surface area contributed by atoms with E-state index in [1.807, 2.05) is 36.4 Å². The minimum absolute atomic E-state index is 0.0264. The summed E-state index contributed by atoms with van der Waals surface area (Å²) in [6.45, 7) is 4.47. The molecule has 22 heavy (non-hydrogen) atoms. The van der Waals surface area contributed by atoms with Crippen molar-refractivity contribution in [2.45, 2.75) is 32.4 Å². The number of hydrogen-bond donors (Lipinski definition) is 2. The zero-order valence-electron chi connectivity index (χ0n) is 13.3. The number of benzene rings is 2. The van der Waals surface area contributed by atoms with Crippen molar-refractivity contribution in [1.29, 1.82) is 0 Å². The van der Waals surface area contributed by atoms with E-state index < -0.39 is 0 Å². The van der Waals surface area contributed by atoms with Crippen molar-refractivity contribution in [1.82, 2.24) is 10.6 Å². The molecule has 0 spiro atoms. The molecule has 0 aromatic heterocycles. The lowest BCUT2D eigenvalue weighted by Gasteiger charge is -2.19. The van der Waals surface area contributed by atoms with Crippen molar-refractivity contribution in [3.8, 4) is 0 Å². The van der Waals surface area contributed by atoms with Gasteiger partial charge in [-0.25, -0.2) is 0 Å². The van der Waals surface area contributed by atoms with Gasteiger partial charge in [0.1, 0.15) is 0 Å². The highest BCUT2D eigenvalue weighted by Gasteiger charge is 2.13. The Hall–Kier alpha value is -2.13. The van der Waals surface area contributed by atoms with E-state index in [1.54, 1.807) is 0 Å². The van der Waals surface area contributed by atoms with Gasteiger partial charge in [-0.1, -0.05) is 67.6 Å². The maximum absolute atomic E-state index is 12.1. The first kappa shape index (κ1) is 16.2. The largest absolute Gasteiger partial charge is 0.348 e. The van der Waals surface area contributed by atoms with Crippen molar-refractivity contribution in [2.75, 3.05) is 6.54 Å². The van der Waals surface area contributed by atoms with Crippen LogP contribution in [-0.4, -0.2) is 12.5 Å². The first-order valence-electron chi connectivity index (χ1n) is 7.83. The summed E-state index contributed by atoms with van der Waals surface area (Å²) in [7, 11) is 0. The Bertz CT molecular complexity index is 569. The molecule has 3 nitrogen and oxygen atoms in total. The van der Waals surface area contributed by atoms with Crippen LogP contribution in [-0.2, 0) is 4.79 Å². The molecule has 0 aliphatic rings. The summed E-state index contributed by atoms with van der Waals surface area (Å²) in [6, 6.07) is 20.5. The van der Waals surface area contributed by atoms with Crippen LogP contribution in [0.25, 0.3) is 0 Å². The van der Waals surface area contributed by atoms with Crippen molar-refractivity contribution in [3.05, 3.63) is 71.8 Å². The molecule has 2 aromatic carbocycles. The third kappa shape index (κ3) is 4.71. The Labute approximate surface area is 132 Å². The van der Waals surface area contributed by atoms with Gasteiger partial charge < -0.3 is 10.6 Å². The summed E-state index contributed by atoms with van der Waals surface area (Å²) in [5.74, 6) is 0.0264. The number of hydrogen-bond acceptors (Lipinski definition) is 2. The summed E-state index contributed by atoms with van der Waals surface area (Å²) in [5.41, 5.74) is 2.33. The average molecular weight is 296 g/mol. The lowest BCUT2D eigenvalue weighted by atomic mass is 10.0. The maximum atomic E-state index is 12.1. The minimum atomic E-state index is 0.0264. The molecule has 0 aliphatic heterocycles. The zero-order valence-corrected chi connectivity index (χ0v) is 13.3. The van der Waals surface area contributed by atoms with E-state index in [2.05, 4.69) is 48.7 Å². The van der Waals surface area contributed by atoms with Crippen LogP contribution in [0.4, 0.5) is 0 Å². The van der Waals surface area contributed by atoms with Gasteiger partial charge in [0.05, 0.1) is 12.6 Å². The first-order valence-corrected chi connectivity index (χ1v) is 7.83. The molecule has 0 aliphatic carbocycles. The number of rotatable bonds is 7. The van der Waals surface area contributed by atoms with E-state index in [0.717, 1.165) is 12.0 Å². The topological polar surface area (TPSA) is 41.1 Å². The number of carbonyl (C=O) groups is 1. The SMILES string of the molecule is CCC(NC(=O)CNC(C)c1ccccc1)c1ccccc1. The summed E-state index contributed by atoms with van der Waals surface area (Å²) >= 11 is 0. The normalized spacial score (nSPS) is 13.4. The van der Waals surface area contributed by atoms with E-state index in [-0.39, 0.29) is 18.0 Å². The van der Waals surface area contributed by atoms with Crippen LogP contribution >= 0.6 is 0 Å². The minimum Gasteiger partial charge on any atom is -0.348 e. The second kappa shape index (κ2) is 8.35. The highest BCUT2D eigenvalue weighted by molar-refractivity contribution is 5.78. The molecule has 3 heteroatoms. The standard InChI is InChI=1S/C19H24N2O/c1-3-18(17-12-8-5-9-13-17)21-19(22)14-20-15(2)16-10-6-4-7-11-16/h4-13,15,18,20H,3,14H2,1-2H3,(H,21,22). The van der Waals surface area contributed by atoms with Gasteiger partial charge in [-0.3, -0.25) is 4.79 Å². The van der Waals surface area contributed by atoms with Crippen LogP contribution in [0.1, 0.15) is 43.5 Å². The van der Waals surface area contributed by atoms with Crippen LogP contribution < -0.4 is 10.6 Å². The van der Waals surface area contributed by atoms with Gasteiger partial charge in [-0.2, -0.15) is 0 Å². The fraction of sp³-hybridized carbons (Fsp3) is 0.316. The van der Waals surface area contributed by atoms with Crippen LogP contribution in [0.2, 0.25) is 0 Å². The molecule has 0 saturated carbocycles. The molecule has 0 bridgehead atoms. The van der Waals surface area contributed by atoms with E-state index in [0.29, 0.717) is 6.54 Å². The van der Waals surface area contributed by atoms with Gasteiger partial charge in [0.25, 0.3) is 0 Å². The van der Waals surface area contributed by atoms with Gasteiger partial charge in [-0.05, 0) is 24.5 Å². The molecule has 0 radical (unpaired) electrons. The highest BCUT2D eigenvalue weighted by Crippen LogP contribution is 2.15. The third-order valence-corrected chi connectivity index (χ3v) is 3.81. The van der Waals surface area contributed by atoms with E-state index in [1.165, 1.54) is 5.56 Å². The van der Waals surface area contributed by atoms with Gasteiger partial charge >= 0.3 is 0 Å². The molecule has 116 valence electrons. The molecule has 1 amide bonds. The molecule has 0 fully saturated rings. The number of nitrogens with one attached hydrogen (secondary N) is 2. The van der Waals surface area contributed by atoms with Gasteiger partial charge in [-0.15, -0.1) is 0 Å². The number of carbonyl (C=O) groups excluding carboxylic acids is 1. The molecule has 2 atom stereocenters.